The van der Waals surface area contributed by atoms with Gasteiger partial charge >= 0.3 is 0 Å². The van der Waals surface area contributed by atoms with Crippen molar-refractivity contribution in [1.82, 2.24) is 4.90 Å². The largest absolute Gasteiger partial charge is 0.484 e. The topological polar surface area (TPSA) is 38.8 Å². The lowest BCUT2D eigenvalue weighted by Crippen LogP contribution is -2.47. The zero-order valence-electron chi connectivity index (χ0n) is 13.8. The molecule has 1 aliphatic heterocycles. The van der Waals surface area contributed by atoms with Crippen LogP contribution in [0.2, 0.25) is 0 Å². The number of amides is 1. The van der Waals surface area contributed by atoms with Gasteiger partial charge in [-0.05, 0) is 30.5 Å². The van der Waals surface area contributed by atoms with Gasteiger partial charge in [-0.3, -0.25) is 4.79 Å². The first-order chi connectivity index (χ1) is 11.8. The van der Waals surface area contributed by atoms with Crippen LogP contribution in [0.25, 0.3) is 0 Å². The van der Waals surface area contributed by atoms with Gasteiger partial charge in [-0.15, -0.1) is 0 Å². The highest BCUT2D eigenvalue weighted by Crippen LogP contribution is 2.14. The second-order valence-corrected chi connectivity index (χ2v) is 5.96. The third-order valence-corrected chi connectivity index (χ3v) is 4.19. The number of nitrogens with zero attached hydrogens (tertiary/aromatic N) is 1. The van der Waals surface area contributed by atoms with E-state index in [2.05, 4.69) is 12.1 Å². The number of ether oxygens (including phenoxy) is 2. The molecule has 2 aromatic carbocycles. The maximum atomic E-state index is 12.3. The monoisotopic (exact) mass is 325 g/mol. The zero-order valence-corrected chi connectivity index (χ0v) is 13.8. The lowest BCUT2D eigenvalue weighted by molar-refractivity contribution is -0.141. The maximum Gasteiger partial charge on any atom is 0.260 e. The first-order valence-electron chi connectivity index (χ1n) is 8.42. The second kappa shape index (κ2) is 8.50. The van der Waals surface area contributed by atoms with Crippen LogP contribution >= 0.6 is 0 Å². The molecule has 3 rings (SSSR count). The van der Waals surface area contributed by atoms with Crippen LogP contribution in [-0.2, 0) is 16.0 Å². The van der Waals surface area contributed by atoms with E-state index in [1.54, 1.807) is 0 Å². The van der Waals surface area contributed by atoms with E-state index in [1.165, 1.54) is 5.56 Å². The highest BCUT2D eigenvalue weighted by molar-refractivity contribution is 5.77. The molecule has 0 spiro atoms. The van der Waals surface area contributed by atoms with Crippen molar-refractivity contribution in [2.45, 2.75) is 18.9 Å². The van der Waals surface area contributed by atoms with Crippen molar-refractivity contribution >= 4 is 5.91 Å². The highest BCUT2D eigenvalue weighted by Gasteiger charge is 2.24. The minimum atomic E-state index is 0.0202. The second-order valence-electron chi connectivity index (χ2n) is 5.96. The Kier molecular flexibility index (Phi) is 5.85. The summed E-state index contributed by atoms with van der Waals surface area (Å²) in [5, 5.41) is 0. The van der Waals surface area contributed by atoms with Gasteiger partial charge in [-0.25, -0.2) is 0 Å². The van der Waals surface area contributed by atoms with Crippen LogP contribution in [0.1, 0.15) is 12.0 Å². The van der Waals surface area contributed by atoms with Crippen LogP contribution in [0.15, 0.2) is 60.7 Å². The van der Waals surface area contributed by atoms with E-state index in [1.807, 2.05) is 53.4 Å². The maximum absolute atomic E-state index is 12.3. The Morgan fingerprint density at radius 3 is 2.54 bits per heavy atom. The fourth-order valence-electron chi connectivity index (χ4n) is 2.85. The number of aryl methyl sites for hydroxylation is 1. The molecule has 1 unspecified atom stereocenters. The Morgan fingerprint density at radius 2 is 1.79 bits per heavy atom. The molecule has 0 aliphatic carbocycles. The first-order valence-corrected chi connectivity index (χ1v) is 8.42. The van der Waals surface area contributed by atoms with Gasteiger partial charge in [0.2, 0.25) is 0 Å². The van der Waals surface area contributed by atoms with Crippen molar-refractivity contribution in [2.24, 2.45) is 0 Å². The van der Waals surface area contributed by atoms with E-state index in [-0.39, 0.29) is 18.6 Å². The van der Waals surface area contributed by atoms with Crippen molar-refractivity contribution < 1.29 is 14.3 Å². The summed E-state index contributed by atoms with van der Waals surface area (Å²) < 4.78 is 11.4. The lowest BCUT2D eigenvalue weighted by atomic mass is 10.1. The van der Waals surface area contributed by atoms with Gasteiger partial charge in [0.05, 0.1) is 12.7 Å². The van der Waals surface area contributed by atoms with E-state index in [4.69, 9.17) is 9.47 Å². The molecule has 126 valence electrons. The molecular formula is C20H23NO3. The molecule has 0 bridgehead atoms. The van der Waals surface area contributed by atoms with Gasteiger partial charge in [0.25, 0.3) is 5.91 Å². The van der Waals surface area contributed by atoms with E-state index in [9.17, 15) is 4.79 Å². The van der Waals surface area contributed by atoms with Gasteiger partial charge in [-0.1, -0.05) is 48.5 Å². The number of hydrogen-bond acceptors (Lipinski definition) is 3. The average molecular weight is 325 g/mol. The number of morpholine rings is 1. The molecule has 1 atom stereocenters. The fourth-order valence-corrected chi connectivity index (χ4v) is 2.85. The number of hydrogen-bond donors (Lipinski definition) is 0. The summed E-state index contributed by atoms with van der Waals surface area (Å²) in [5.41, 5.74) is 1.30. The zero-order chi connectivity index (χ0) is 16.6. The molecule has 1 amide bonds. The summed E-state index contributed by atoms with van der Waals surface area (Å²) >= 11 is 0. The molecule has 1 aliphatic rings. The van der Waals surface area contributed by atoms with Gasteiger partial charge in [-0.2, -0.15) is 0 Å². The molecule has 1 fully saturated rings. The van der Waals surface area contributed by atoms with Crippen molar-refractivity contribution in [1.29, 1.82) is 0 Å². The van der Waals surface area contributed by atoms with Crippen LogP contribution in [0.4, 0.5) is 0 Å². The molecular weight excluding hydrogens is 302 g/mol. The van der Waals surface area contributed by atoms with E-state index < -0.39 is 0 Å². The molecule has 0 radical (unpaired) electrons. The SMILES string of the molecule is O=C(COc1ccccc1)N1CCOC(CCc2ccccc2)C1. The molecule has 24 heavy (non-hydrogen) atoms. The Bertz CT molecular complexity index is 630. The number of carbonyl (C=O) groups is 1. The molecule has 0 saturated carbocycles. The van der Waals surface area contributed by atoms with Crippen molar-refractivity contribution in [3.63, 3.8) is 0 Å². The van der Waals surface area contributed by atoms with Crippen molar-refractivity contribution in [3.05, 3.63) is 66.2 Å². The third kappa shape index (κ3) is 4.83. The standard InChI is InChI=1S/C20H23NO3/c22-20(16-24-18-9-5-2-6-10-18)21-13-14-23-19(15-21)12-11-17-7-3-1-4-8-17/h1-10,19H,11-16H2. The summed E-state index contributed by atoms with van der Waals surface area (Å²) in [6, 6.07) is 19.8. The van der Waals surface area contributed by atoms with Gasteiger partial charge in [0.15, 0.2) is 6.61 Å². The number of benzene rings is 2. The molecule has 0 aromatic heterocycles. The first kappa shape index (κ1) is 16.5. The smallest absolute Gasteiger partial charge is 0.260 e. The Morgan fingerprint density at radius 1 is 1.08 bits per heavy atom. The van der Waals surface area contributed by atoms with E-state index in [0.717, 1.165) is 18.6 Å². The van der Waals surface area contributed by atoms with E-state index >= 15 is 0 Å². The highest BCUT2D eigenvalue weighted by atomic mass is 16.5. The van der Waals surface area contributed by atoms with E-state index in [0.29, 0.717) is 19.7 Å². The van der Waals surface area contributed by atoms with Gasteiger partial charge in [0, 0.05) is 13.1 Å². The molecule has 2 aromatic rings. The Hall–Kier alpha value is -2.33. The van der Waals surface area contributed by atoms with Crippen LogP contribution < -0.4 is 4.74 Å². The van der Waals surface area contributed by atoms with Crippen molar-refractivity contribution in [2.75, 3.05) is 26.3 Å². The summed E-state index contributed by atoms with van der Waals surface area (Å²) in [6.45, 7) is 1.95. The molecule has 0 N–H and O–H groups in total. The Balaban J connectivity index is 1.45. The summed E-state index contributed by atoms with van der Waals surface area (Å²) in [5.74, 6) is 0.742. The van der Waals surface area contributed by atoms with Crippen LogP contribution in [0.3, 0.4) is 0 Å². The molecule has 1 saturated heterocycles. The summed E-state index contributed by atoms with van der Waals surface area (Å²) in [6.07, 6.45) is 1.99. The molecule has 4 nitrogen and oxygen atoms in total. The van der Waals surface area contributed by atoms with Crippen LogP contribution in [-0.4, -0.2) is 43.2 Å². The third-order valence-electron chi connectivity index (χ3n) is 4.19. The average Bonchev–Trinajstić information content (AvgIpc) is 2.66. The van der Waals surface area contributed by atoms with Crippen LogP contribution in [0.5, 0.6) is 5.75 Å². The normalized spacial score (nSPS) is 17.5. The minimum Gasteiger partial charge on any atom is -0.484 e. The molecule has 4 heteroatoms. The fraction of sp³-hybridized carbons (Fsp3) is 0.350. The molecule has 1 heterocycles. The number of para-hydroxylation sites is 1. The number of carbonyl (C=O) groups excluding carboxylic acids is 1. The minimum absolute atomic E-state index is 0.0202. The quantitative estimate of drug-likeness (QED) is 0.820. The lowest BCUT2D eigenvalue weighted by Gasteiger charge is -2.33. The van der Waals surface area contributed by atoms with Gasteiger partial charge in [0.1, 0.15) is 5.75 Å². The van der Waals surface area contributed by atoms with Crippen molar-refractivity contribution in [3.8, 4) is 5.75 Å². The predicted molar refractivity (Wildman–Crippen MR) is 93.0 cm³/mol. The predicted octanol–water partition coefficient (Wildman–Crippen LogP) is 2.93. The Labute approximate surface area is 143 Å². The summed E-state index contributed by atoms with van der Waals surface area (Å²) in [7, 11) is 0. The van der Waals surface area contributed by atoms with Gasteiger partial charge < -0.3 is 14.4 Å². The number of rotatable bonds is 6. The summed E-state index contributed by atoms with van der Waals surface area (Å²) in [4.78, 5) is 14.2. The van der Waals surface area contributed by atoms with Crippen LogP contribution in [0, 0.1) is 0 Å².